The molecule has 2 saturated heterocycles. The third-order valence-corrected chi connectivity index (χ3v) is 6.02. The van der Waals surface area contributed by atoms with E-state index < -0.39 is 0 Å². The quantitative estimate of drug-likeness (QED) is 0.376. The molecule has 0 aromatic rings. The van der Waals surface area contributed by atoms with Crippen molar-refractivity contribution in [3.05, 3.63) is 11.6 Å². The largest absolute Gasteiger partial charge is 0.432 e. The van der Waals surface area contributed by atoms with Gasteiger partial charge in [-0.1, -0.05) is 25.5 Å². The molecule has 0 N–H and O–H groups in total. The predicted octanol–water partition coefficient (Wildman–Crippen LogP) is 2.66. The summed E-state index contributed by atoms with van der Waals surface area (Å²) in [6, 6.07) is 0. The second-order valence-corrected chi connectivity index (χ2v) is 7.05. The average molecular weight is 248 g/mol. The van der Waals surface area contributed by atoms with Crippen molar-refractivity contribution >= 4 is 5.97 Å². The lowest BCUT2D eigenvalue weighted by Crippen LogP contribution is -2.45. The number of rotatable bonds is 0. The average Bonchev–Trinajstić information content (AvgIpc) is 2.93. The van der Waals surface area contributed by atoms with Crippen molar-refractivity contribution in [1.82, 2.24) is 0 Å². The third-order valence-electron chi connectivity index (χ3n) is 6.02. The van der Waals surface area contributed by atoms with Gasteiger partial charge >= 0.3 is 5.97 Å². The number of carbonyl (C=O) groups excluding carboxylic acids is 1. The number of epoxide rings is 1. The fourth-order valence-corrected chi connectivity index (χ4v) is 4.92. The summed E-state index contributed by atoms with van der Waals surface area (Å²) < 4.78 is 10.9. The van der Waals surface area contributed by atoms with E-state index in [1.165, 1.54) is 18.4 Å². The Labute approximate surface area is 108 Å². The van der Waals surface area contributed by atoms with Crippen molar-refractivity contribution in [2.45, 2.75) is 52.4 Å². The zero-order valence-corrected chi connectivity index (χ0v) is 11.2. The van der Waals surface area contributed by atoms with Crippen molar-refractivity contribution in [2.75, 3.05) is 0 Å². The number of fused-ring (bicyclic) bond motifs is 3. The first-order valence-corrected chi connectivity index (χ1v) is 7.00. The van der Waals surface area contributed by atoms with Crippen LogP contribution >= 0.6 is 0 Å². The molecule has 3 nitrogen and oxygen atoms in total. The summed E-state index contributed by atoms with van der Waals surface area (Å²) >= 11 is 0. The van der Waals surface area contributed by atoms with E-state index in [0.717, 1.165) is 6.42 Å². The molecule has 0 radical (unpaired) electrons. The van der Waals surface area contributed by atoms with Gasteiger partial charge in [0.1, 0.15) is 11.5 Å². The summed E-state index contributed by atoms with van der Waals surface area (Å²) in [5, 5.41) is 0. The van der Waals surface area contributed by atoms with E-state index in [1.54, 1.807) is 0 Å². The Kier molecular flexibility index (Phi) is 1.84. The van der Waals surface area contributed by atoms with Crippen LogP contribution in [0.3, 0.4) is 0 Å². The van der Waals surface area contributed by atoms with E-state index in [0.29, 0.717) is 11.8 Å². The van der Waals surface area contributed by atoms with Gasteiger partial charge < -0.3 is 9.47 Å². The van der Waals surface area contributed by atoms with E-state index >= 15 is 0 Å². The molecule has 18 heavy (non-hydrogen) atoms. The van der Waals surface area contributed by atoms with Crippen LogP contribution in [0.5, 0.6) is 0 Å². The first-order valence-electron chi connectivity index (χ1n) is 7.00. The lowest BCUT2D eigenvalue weighted by Gasteiger charge is -2.40. The monoisotopic (exact) mass is 248 g/mol. The fraction of sp³-hybridized carbons (Fsp3) is 0.800. The maximum absolute atomic E-state index is 12.4. The lowest BCUT2D eigenvalue weighted by atomic mass is 9.62. The van der Waals surface area contributed by atoms with Gasteiger partial charge in [-0.25, -0.2) is 0 Å². The van der Waals surface area contributed by atoms with E-state index in [4.69, 9.17) is 9.47 Å². The number of esters is 1. The molecule has 0 aromatic carbocycles. The van der Waals surface area contributed by atoms with Crippen LogP contribution in [0.15, 0.2) is 11.6 Å². The summed E-state index contributed by atoms with van der Waals surface area (Å²) in [7, 11) is 0. The molecule has 3 fully saturated rings. The lowest BCUT2D eigenvalue weighted by molar-refractivity contribution is -0.165. The van der Waals surface area contributed by atoms with Crippen LogP contribution in [-0.2, 0) is 14.3 Å². The van der Waals surface area contributed by atoms with E-state index in [9.17, 15) is 4.79 Å². The second-order valence-electron chi connectivity index (χ2n) is 7.05. The molecule has 1 spiro atoms. The highest BCUT2D eigenvalue weighted by Crippen LogP contribution is 2.69. The summed E-state index contributed by atoms with van der Waals surface area (Å²) in [5.41, 5.74) is 1.08. The Morgan fingerprint density at radius 2 is 2.17 bits per heavy atom. The highest BCUT2D eigenvalue weighted by molar-refractivity contribution is 5.83. The van der Waals surface area contributed by atoms with Crippen LogP contribution in [-0.4, -0.2) is 18.4 Å². The molecule has 98 valence electrons. The molecule has 1 saturated carbocycles. The van der Waals surface area contributed by atoms with Gasteiger partial charge in [0.05, 0.1) is 0 Å². The summed E-state index contributed by atoms with van der Waals surface area (Å²) in [5.74, 6) is 1.12. The first kappa shape index (κ1) is 11.0. The van der Waals surface area contributed by atoms with Gasteiger partial charge in [0.2, 0.25) is 6.29 Å². The summed E-state index contributed by atoms with van der Waals surface area (Å²) in [6.45, 7) is 6.70. The highest BCUT2D eigenvalue weighted by atomic mass is 16.8. The minimum Gasteiger partial charge on any atom is -0.432 e. The van der Waals surface area contributed by atoms with Crippen molar-refractivity contribution in [1.29, 1.82) is 0 Å². The Morgan fingerprint density at radius 3 is 2.83 bits per heavy atom. The van der Waals surface area contributed by atoms with Crippen molar-refractivity contribution in [3.8, 4) is 0 Å². The van der Waals surface area contributed by atoms with Gasteiger partial charge in [-0.15, -0.1) is 0 Å². The van der Waals surface area contributed by atoms with E-state index in [1.807, 2.05) is 0 Å². The van der Waals surface area contributed by atoms with Gasteiger partial charge in [-0.05, 0) is 43.4 Å². The zero-order valence-electron chi connectivity index (χ0n) is 11.2. The molecule has 0 bridgehead atoms. The maximum Gasteiger partial charge on any atom is 0.317 e. The molecule has 4 aliphatic rings. The van der Waals surface area contributed by atoms with Gasteiger partial charge in [0, 0.05) is 0 Å². The van der Waals surface area contributed by atoms with Crippen LogP contribution in [0, 0.1) is 22.7 Å². The van der Waals surface area contributed by atoms with Crippen LogP contribution in [0.2, 0.25) is 0 Å². The molecule has 2 aliphatic carbocycles. The molecule has 2 heterocycles. The molecular formula is C15H20O3. The summed E-state index contributed by atoms with van der Waals surface area (Å²) in [4.78, 5) is 12.4. The predicted molar refractivity (Wildman–Crippen MR) is 65.6 cm³/mol. The minimum atomic E-state index is -0.381. The van der Waals surface area contributed by atoms with Crippen LogP contribution < -0.4 is 0 Å². The Hall–Kier alpha value is -0.830. The highest BCUT2D eigenvalue weighted by Gasteiger charge is 2.77. The minimum absolute atomic E-state index is 0.00537. The van der Waals surface area contributed by atoms with Gasteiger partial charge in [0.15, 0.2) is 0 Å². The first-order chi connectivity index (χ1) is 8.47. The van der Waals surface area contributed by atoms with Gasteiger partial charge in [-0.2, -0.15) is 0 Å². The van der Waals surface area contributed by atoms with Crippen molar-refractivity contribution in [3.63, 3.8) is 0 Å². The van der Waals surface area contributed by atoms with E-state index in [2.05, 4.69) is 26.8 Å². The Morgan fingerprint density at radius 1 is 1.39 bits per heavy atom. The number of carbonyl (C=O) groups is 1. The zero-order chi connectivity index (χ0) is 12.7. The molecule has 0 unspecified atom stereocenters. The summed E-state index contributed by atoms with van der Waals surface area (Å²) in [6.07, 6.45) is 5.48. The SMILES string of the molecule is CC1=C[C@@H]2C[C@@]3(C(=O)O[C@@H]4O[C@@H]43)C(C)(C)[C@@H]2CC1. The fourth-order valence-electron chi connectivity index (χ4n) is 4.92. The number of allylic oxidation sites excluding steroid dienone is 2. The van der Waals surface area contributed by atoms with E-state index in [-0.39, 0.29) is 29.2 Å². The van der Waals surface area contributed by atoms with Crippen molar-refractivity contribution in [2.24, 2.45) is 22.7 Å². The van der Waals surface area contributed by atoms with Crippen LogP contribution in [0.25, 0.3) is 0 Å². The van der Waals surface area contributed by atoms with Crippen molar-refractivity contribution < 1.29 is 14.3 Å². The molecule has 0 aromatic heterocycles. The number of ether oxygens (including phenoxy) is 2. The molecule has 2 aliphatic heterocycles. The topological polar surface area (TPSA) is 38.8 Å². The molecule has 5 atom stereocenters. The van der Waals surface area contributed by atoms with Gasteiger partial charge in [-0.3, -0.25) is 4.79 Å². The molecular weight excluding hydrogens is 228 g/mol. The van der Waals surface area contributed by atoms with Crippen LogP contribution in [0.4, 0.5) is 0 Å². The molecule has 4 rings (SSSR count). The molecule has 0 amide bonds. The standard InChI is InChI=1S/C15H20O3/c1-8-4-5-10-9(6-8)7-15(14(10,2)3)11-12(17-11)18-13(15)16/h6,9-12H,4-5,7H2,1-3H3/t9-,10-,11+,12+,15-/m1/s1. The maximum atomic E-state index is 12.4. The smallest absolute Gasteiger partial charge is 0.317 e. The number of hydrogen-bond acceptors (Lipinski definition) is 3. The third kappa shape index (κ3) is 1.04. The normalized spacial score (nSPS) is 51.7. The second kappa shape index (κ2) is 3.01. The van der Waals surface area contributed by atoms with Crippen LogP contribution in [0.1, 0.15) is 40.0 Å². The number of hydrogen-bond donors (Lipinski definition) is 0. The molecule has 3 heteroatoms. The Balaban J connectivity index is 1.80. The van der Waals surface area contributed by atoms with Gasteiger partial charge in [0.25, 0.3) is 0 Å². The Bertz CT molecular complexity index is 464.